The van der Waals surface area contributed by atoms with Crippen LogP contribution in [0.3, 0.4) is 0 Å². The molecular weight excluding hydrogens is 250 g/mol. The summed E-state index contributed by atoms with van der Waals surface area (Å²) >= 11 is 0. The summed E-state index contributed by atoms with van der Waals surface area (Å²) in [7, 11) is 0. The number of benzene rings is 1. The van der Waals surface area contributed by atoms with Gasteiger partial charge in [-0.05, 0) is 31.9 Å². The smallest absolute Gasteiger partial charge is 0.224 e. The molecule has 0 spiro atoms. The van der Waals surface area contributed by atoms with E-state index in [1.54, 1.807) is 6.92 Å². The van der Waals surface area contributed by atoms with Crippen LogP contribution < -0.4 is 5.32 Å². The topological polar surface area (TPSA) is 46.2 Å². The molecule has 1 rings (SSSR count). The number of hydrogen-bond acceptors (Lipinski definition) is 2. The minimum absolute atomic E-state index is 0.0627. The van der Waals surface area contributed by atoms with Gasteiger partial charge in [-0.25, -0.2) is 0 Å². The van der Waals surface area contributed by atoms with Crippen molar-refractivity contribution in [2.24, 2.45) is 0 Å². The molecule has 0 atom stereocenters. The lowest BCUT2D eigenvalue weighted by Crippen LogP contribution is -2.10. The first-order valence-electron chi connectivity index (χ1n) is 7.53. The average molecular weight is 277 g/mol. The number of nitrogens with one attached hydrogen (secondary N) is 1. The van der Waals surface area contributed by atoms with E-state index in [4.69, 9.17) is 0 Å². The molecule has 112 valence electrons. The number of unbranched alkanes of at least 4 members (excludes halogenated alkanes) is 3. The van der Waals surface area contributed by atoms with Gasteiger partial charge in [-0.15, -0.1) is 0 Å². The van der Waals surface area contributed by atoms with Crippen molar-refractivity contribution in [3.8, 4) is 0 Å². The lowest BCUT2D eigenvalue weighted by atomic mass is 10.1. The van der Waals surface area contributed by atoms with Gasteiger partial charge in [0.25, 0.3) is 0 Å². The molecule has 0 aliphatic carbocycles. The zero-order chi connectivity index (χ0) is 15.2. The lowest BCUT2D eigenvalue weighted by Gasteiger charge is -2.04. The summed E-state index contributed by atoms with van der Waals surface area (Å²) < 4.78 is 0. The molecule has 0 unspecified atom stereocenters. The van der Waals surface area contributed by atoms with Crippen molar-refractivity contribution in [3.63, 3.8) is 0 Å². The Balaban J connectivity index is 0.00000172. The van der Waals surface area contributed by atoms with Crippen LogP contribution in [-0.2, 0) is 9.59 Å². The van der Waals surface area contributed by atoms with E-state index >= 15 is 0 Å². The van der Waals surface area contributed by atoms with Crippen molar-refractivity contribution >= 4 is 17.4 Å². The van der Waals surface area contributed by atoms with Crippen molar-refractivity contribution in [3.05, 3.63) is 30.3 Å². The zero-order valence-corrected chi connectivity index (χ0v) is 12.9. The number of ketones is 1. The Labute approximate surface area is 122 Å². The Morgan fingerprint density at radius 1 is 0.900 bits per heavy atom. The maximum absolute atomic E-state index is 11.6. The van der Waals surface area contributed by atoms with Gasteiger partial charge in [0.2, 0.25) is 5.91 Å². The van der Waals surface area contributed by atoms with Crippen LogP contribution in [0.15, 0.2) is 30.3 Å². The number of Topliss-reactive ketones (excluding diaryl/α,β-unsaturated/α-hetero) is 1. The molecule has 20 heavy (non-hydrogen) atoms. The van der Waals surface area contributed by atoms with Crippen LogP contribution in [0, 0.1) is 0 Å². The van der Waals surface area contributed by atoms with E-state index in [2.05, 4.69) is 5.32 Å². The summed E-state index contributed by atoms with van der Waals surface area (Å²) in [5.41, 5.74) is 0.846. The SMILES string of the molecule is CC.CC(=O)CCCCCCC(=O)Nc1ccccc1. The lowest BCUT2D eigenvalue weighted by molar-refractivity contribution is -0.117. The molecule has 0 bridgehead atoms. The van der Waals surface area contributed by atoms with E-state index in [1.165, 1.54) is 0 Å². The van der Waals surface area contributed by atoms with Crippen LogP contribution in [-0.4, -0.2) is 11.7 Å². The largest absolute Gasteiger partial charge is 0.326 e. The quantitative estimate of drug-likeness (QED) is 0.707. The third-order valence-corrected chi connectivity index (χ3v) is 2.74. The first-order chi connectivity index (χ1) is 9.68. The van der Waals surface area contributed by atoms with Gasteiger partial charge < -0.3 is 10.1 Å². The Morgan fingerprint density at radius 2 is 1.45 bits per heavy atom. The first-order valence-corrected chi connectivity index (χ1v) is 7.53. The standard InChI is InChI=1S/C15H21NO2.C2H6/c1-13(17)9-5-2-3-8-12-15(18)16-14-10-6-4-7-11-14;1-2/h4,6-7,10-11H,2-3,5,8-9,12H2,1H3,(H,16,18);1-2H3. The van der Waals surface area contributed by atoms with Crippen molar-refractivity contribution in [1.29, 1.82) is 0 Å². The number of carbonyl (C=O) groups is 2. The van der Waals surface area contributed by atoms with E-state index in [9.17, 15) is 9.59 Å². The van der Waals surface area contributed by atoms with Crippen LogP contribution in [0.1, 0.15) is 59.3 Å². The van der Waals surface area contributed by atoms with Crippen molar-refractivity contribution in [1.82, 2.24) is 0 Å². The van der Waals surface area contributed by atoms with Crippen molar-refractivity contribution in [2.45, 2.75) is 59.3 Å². The van der Waals surface area contributed by atoms with Gasteiger partial charge in [0, 0.05) is 18.5 Å². The fourth-order valence-electron chi connectivity index (χ4n) is 1.76. The van der Waals surface area contributed by atoms with E-state index in [-0.39, 0.29) is 11.7 Å². The molecule has 1 aromatic carbocycles. The Bertz CT molecular complexity index is 374. The summed E-state index contributed by atoms with van der Waals surface area (Å²) in [6.07, 6.45) is 5.07. The molecule has 0 aliphatic rings. The van der Waals surface area contributed by atoms with Gasteiger partial charge in [0.05, 0.1) is 0 Å². The molecule has 0 fully saturated rings. The minimum Gasteiger partial charge on any atom is -0.326 e. The van der Waals surface area contributed by atoms with Gasteiger partial charge in [0.1, 0.15) is 5.78 Å². The van der Waals surface area contributed by atoms with E-state index in [1.807, 2.05) is 44.2 Å². The summed E-state index contributed by atoms with van der Waals surface area (Å²) in [4.78, 5) is 22.3. The van der Waals surface area contributed by atoms with Gasteiger partial charge in [-0.2, -0.15) is 0 Å². The normalized spacial score (nSPS) is 9.35. The fourth-order valence-corrected chi connectivity index (χ4v) is 1.76. The average Bonchev–Trinajstić information content (AvgIpc) is 2.45. The van der Waals surface area contributed by atoms with Gasteiger partial charge >= 0.3 is 0 Å². The molecule has 3 nitrogen and oxygen atoms in total. The van der Waals surface area contributed by atoms with E-state index in [0.717, 1.165) is 31.4 Å². The summed E-state index contributed by atoms with van der Waals surface area (Å²) in [6, 6.07) is 9.48. The highest BCUT2D eigenvalue weighted by Crippen LogP contribution is 2.09. The van der Waals surface area contributed by atoms with E-state index in [0.29, 0.717) is 12.8 Å². The van der Waals surface area contributed by atoms with Crippen LogP contribution in [0.2, 0.25) is 0 Å². The summed E-state index contributed by atoms with van der Waals surface area (Å²) in [5.74, 6) is 0.310. The van der Waals surface area contributed by atoms with Gasteiger partial charge in [-0.1, -0.05) is 44.9 Å². The third kappa shape index (κ3) is 10.3. The highest BCUT2D eigenvalue weighted by Gasteiger charge is 2.01. The molecule has 1 amide bonds. The minimum atomic E-state index is 0.0627. The van der Waals surface area contributed by atoms with Crippen LogP contribution in [0.5, 0.6) is 0 Å². The second kappa shape index (κ2) is 12.4. The van der Waals surface area contributed by atoms with E-state index < -0.39 is 0 Å². The summed E-state index contributed by atoms with van der Waals surface area (Å²) in [5, 5.41) is 2.86. The maximum Gasteiger partial charge on any atom is 0.224 e. The van der Waals surface area contributed by atoms with Crippen molar-refractivity contribution in [2.75, 3.05) is 5.32 Å². The molecule has 0 aliphatic heterocycles. The number of hydrogen-bond donors (Lipinski definition) is 1. The number of para-hydroxylation sites is 1. The van der Waals surface area contributed by atoms with Crippen molar-refractivity contribution < 1.29 is 9.59 Å². The molecule has 3 heteroatoms. The highest BCUT2D eigenvalue weighted by atomic mass is 16.1. The molecule has 0 radical (unpaired) electrons. The molecule has 0 saturated carbocycles. The number of carbonyl (C=O) groups excluding carboxylic acids is 2. The Hall–Kier alpha value is -1.64. The predicted molar refractivity (Wildman–Crippen MR) is 84.8 cm³/mol. The van der Waals surface area contributed by atoms with Crippen LogP contribution in [0.4, 0.5) is 5.69 Å². The van der Waals surface area contributed by atoms with Crippen LogP contribution in [0.25, 0.3) is 0 Å². The monoisotopic (exact) mass is 277 g/mol. The number of amides is 1. The second-order valence-corrected chi connectivity index (χ2v) is 4.53. The molecular formula is C17H27NO2. The fraction of sp³-hybridized carbons (Fsp3) is 0.529. The molecule has 0 saturated heterocycles. The third-order valence-electron chi connectivity index (χ3n) is 2.74. The second-order valence-electron chi connectivity index (χ2n) is 4.53. The van der Waals surface area contributed by atoms with Crippen LogP contribution >= 0.6 is 0 Å². The molecule has 0 aromatic heterocycles. The predicted octanol–water partition coefficient (Wildman–Crippen LogP) is 4.58. The maximum atomic E-state index is 11.6. The van der Waals surface area contributed by atoms with Gasteiger partial charge in [0.15, 0.2) is 0 Å². The number of rotatable bonds is 8. The molecule has 1 aromatic rings. The molecule has 1 N–H and O–H groups in total. The summed E-state index contributed by atoms with van der Waals surface area (Å²) in [6.45, 7) is 5.62. The van der Waals surface area contributed by atoms with Gasteiger partial charge in [-0.3, -0.25) is 4.79 Å². The zero-order valence-electron chi connectivity index (χ0n) is 12.9. The molecule has 0 heterocycles. The first kappa shape index (κ1) is 18.4. The Kier molecular flexibility index (Phi) is 11.4. The highest BCUT2D eigenvalue weighted by molar-refractivity contribution is 5.90. The Morgan fingerprint density at radius 3 is 2.00 bits per heavy atom. The number of anilines is 1.